The van der Waals surface area contributed by atoms with Gasteiger partial charge in [0.15, 0.2) is 0 Å². The first-order valence-electron chi connectivity index (χ1n) is 6.54. The van der Waals surface area contributed by atoms with Crippen molar-refractivity contribution in [3.63, 3.8) is 0 Å². The van der Waals surface area contributed by atoms with E-state index in [1.165, 1.54) is 0 Å². The molecule has 2 nitrogen and oxygen atoms in total. The molecule has 1 aromatic rings. The molecule has 1 fully saturated rings. The smallest absolute Gasteiger partial charge is 0.122 e. The van der Waals surface area contributed by atoms with Crippen molar-refractivity contribution in [1.29, 1.82) is 0 Å². The van der Waals surface area contributed by atoms with Crippen molar-refractivity contribution in [1.82, 2.24) is 0 Å². The second-order valence-corrected chi connectivity index (χ2v) is 5.09. The molecule has 0 saturated heterocycles. The quantitative estimate of drug-likeness (QED) is 0.867. The molecule has 2 rings (SSSR count). The van der Waals surface area contributed by atoms with E-state index in [-0.39, 0.29) is 0 Å². The zero-order chi connectivity index (χ0) is 12.3. The second kappa shape index (κ2) is 5.09. The molecular weight excluding hydrogens is 212 g/mol. The molecule has 2 unspecified atom stereocenters. The summed E-state index contributed by atoms with van der Waals surface area (Å²) in [6.07, 6.45) is 5.00. The molecule has 2 atom stereocenters. The van der Waals surface area contributed by atoms with Crippen LogP contribution in [0.1, 0.15) is 38.2 Å². The Hall–Kier alpha value is -1.02. The molecule has 0 amide bonds. The Morgan fingerprint density at radius 3 is 2.88 bits per heavy atom. The van der Waals surface area contributed by atoms with Crippen LogP contribution in [0.25, 0.3) is 0 Å². The van der Waals surface area contributed by atoms with Crippen LogP contribution in [-0.4, -0.2) is 17.8 Å². The predicted octanol–water partition coefficient (Wildman–Crippen LogP) is 3.18. The van der Waals surface area contributed by atoms with Gasteiger partial charge < -0.3 is 9.84 Å². The maximum absolute atomic E-state index is 10.8. The molecular formula is C15H22O2. The number of para-hydroxylation sites is 1. The van der Waals surface area contributed by atoms with Crippen LogP contribution in [0.2, 0.25) is 0 Å². The van der Waals surface area contributed by atoms with Gasteiger partial charge in [0.2, 0.25) is 0 Å². The van der Waals surface area contributed by atoms with E-state index < -0.39 is 5.60 Å². The van der Waals surface area contributed by atoms with Gasteiger partial charge in [-0.25, -0.2) is 0 Å². The standard InChI is InChI=1S/C15H22O2/c1-3-13-8-6-10-15(13,16)11-12-7-4-5-9-14(12)17-2/h4-5,7,9,13,16H,3,6,8,10-11H2,1-2H3. The van der Waals surface area contributed by atoms with E-state index in [2.05, 4.69) is 13.0 Å². The van der Waals surface area contributed by atoms with E-state index in [9.17, 15) is 5.11 Å². The summed E-state index contributed by atoms with van der Waals surface area (Å²) in [4.78, 5) is 0. The first kappa shape index (κ1) is 12.4. The molecule has 1 aliphatic carbocycles. The molecule has 2 heteroatoms. The summed E-state index contributed by atoms with van der Waals surface area (Å²) in [5, 5.41) is 10.8. The highest BCUT2D eigenvalue weighted by molar-refractivity contribution is 5.34. The highest BCUT2D eigenvalue weighted by Gasteiger charge is 2.40. The minimum Gasteiger partial charge on any atom is -0.496 e. The van der Waals surface area contributed by atoms with E-state index in [0.717, 1.165) is 43.4 Å². The predicted molar refractivity (Wildman–Crippen MR) is 69.3 cm³/mol. The number of hydrogen-bond acceptors (Lipinski definition) is 2. The Morgan fingerprint density at radius 2 is 2.18 bits per heavy atom. The van der Waals surface area contributed by atoms with E-state index in [1.54, 1.807) is 7.11 Å². The van der Waals surface area contributed by atoms with E-state index in [0.29, 0.717) is 5.92 Å². The highest BCUT2D eigenvalue weighted by atomic mass is 16.5. The van der Waals surface area contributed by atoms with E-state index in [4.69, 9.17) is 4.74 Å². The van der Waals surface area contributed by atoms with Crippen LogP contribution in [0.3, 0.4) is 0 Å². The zero-order valence-corrected chi connectivity index (χ0v) is 10.8. The normalized spacial score (nSPS) is 28.3. The third kappa shape index (κ3) is 2.47. The van der Waals surface area contributed by atoms with Crippen molar-refractivity contribution >= 4 is 0 Å². The largest absolute Gasteiger partial charge is 0.496 e. The van der Waals surface area contributed by atoms with Crippen molar-refractivity contribution in [2.45, 2.75) is 44.6 Å². The third-order valence-electron chi connectivity index (χ3n) is 4.10. The summed E-state index contributed by atoms with van der Waals surface area (Å²) < 4.78 is 5.36. The molecule has 1 N–H and O–H groups in total. The number of ether oxygens (including phenoxy) is 1. The van der Waals surface area contributed by atoms with Gasteiger partial charge in [0, 0.05) is 6.42 Å². The topological polar surface area (TPSA) is 29.5 Å². The Bertz CT molecular complexity index is 375. The molecule has 0 aromatic heterocycles. The monoisotopic (exact) mass is 234 g/mol. The van der Waals surface area contributed by atoms with Gasteiger partial charge in [-0.05, 0) is 30.4 Å². The fraction of sp³-hybridized carbons (Fsp3) is 0.600. The Balaban J connectivity index is 2.19. The summed E-state index contributed by atoms with van der Waals surface area (Å²) in [7, 11) is 1.69. The van der Waals surface area contributed by atoms with Gasteiger partial charge in [0.25, 0.3) is 0 Å². The summed E-state index contributed by atoms with van der Waals surface area (Å²) in [6, 6.07) is 8.01. The zero-order valence-electron chi connectivity index (χ0n) is 10.8. The summed E-state index contributed by atoms with van der Waals surface area (Å²) in [5.74, 6) is 1.33. The molecule has 1 aliphatic rings. The van der Waals surface area contributed by atoms with Crippen LogP contribution >= 0.6 is 0 Å². The maximum atomic E-state index is 10.8. The van der Waals surface area contributed by atoms with Crippen molar-refractivity contribution < 1.29 is 9.84 Å². The average molecular weight is 234 g/mol. The van der Waals surface area contributed by atoms with Gasteiger partial charge in [0.1, 0.15) is 5.75 Å². The lowest BCUT2D eigenvalue weighted by Crippen LogP contribution is -2.35. The van der Waals surface area contributed by atoms with Crippen LogP contribution in [0.4, 0.5) is 0 Å². The number of aliphatic hydroxyl groups is 1. The van der Waals surface area contributed by atoms with Crippen LogP contribution in [-0.2, 0) is 6.42 Å². The van der Waals surface area contributed by atoms with E-state index in [1.807, 2.05) is 18.2 Å². The van der Waals surface area contributed by atoms with Crippen LogP contribution in [0.5, 0.6) is 5.75 Å². The van der Waals surface area contributed by atoms with Crippen molar-refractivity contribution in [2.24, 2.45) is 5.92 Å². The molecule has 0 bridgehead atoms. The minimum absolute atomic E-state index is 0.437. The van der Waals surface area contributed by atoms with Crippen LogP contribution in [0.15, 0.2) is 24.3 Å². The Kier molecular flexibility index (Phi) is 3.72. The second-order valence-electron chi connectivity index (χ2n) is 5.09. The first-order chi connectivity index (χ1) is 8.19. The number of rotatable bonds is 4. The van der Waals surface area contributed by atoms with Crippen molar-refractivity contribution in [3.8, 4) is 5.75 Å². The lowest BCUT2D eigenvalue weighted by atomic mass is 9.83. The lowest BCUT2D eigenvalue weighted by Gasteiger charge is -2.30. The fourth-order valence-electron chi connectivity index (χ4n) is 3.12. The van der Waals surface area contributed by atoms with Gasteiger partial charge in [-0.1, -0.05) is 38.0 Å². The molecule has 0 aliphatic heterocycles. The van der Waals surface area contributed by atoms with Gasteiger partial charge >= 0.3 is 0 Å². The SMILES string of the molecule is CCC1CCCC1(O)Cc1ccccc1OC. The minimum atomic E-state index is -0.524. The molecule has 0 heterocycles. The summed E-state index contributed by atoms with van der Waals surface area (Å²) >= 11 is 0. The van der Waals surface area contributed by atoms with Crippen LogP contribution in [0, 0.1) is 5.92 Å². The summed E-state index contributed by atoms with van der Waals surface area (Å²) in [6.45, 7) is 2.17. The Labute approximate surface area is 104 Å². The molecule has 1 aromatic carbocycles. The van der Waals surface area contributed by atoms with Gasteiger partial charge in [-0.2, -0.15) is 0 Å². The lowest BCUT2D eigenvalue weighted by molar-refractivity contribution is 0.00103. The van der Waals surface area contributed by atoms with Crippen molar-refractivity contribution in [3.05, 3.63) is 29.8 Å². The van der Waals surface area contributed by atoms with Gasteiger partial charge in [-0.15, -0.1) is 0 Å². The average Bonchev–Trinajstić information content (AvgIpc) is 2.71. The third-order valence-corrected chi connectivity index (χ3v) is 4.10. The Morgan fingerprint density at radius 1 is 1.41 bits per heavy atom. The molecule has 0 radical (unpaired) electrons. The molecule has 1 saturated carbocycles. The molecule has 17 heavy (non-hydrogen) atoms. The first-order valence-corrected chi connectivity index (χ1v) is 6.54. The molecule has 94 valence electrons. The molecule has 0 spiro atoms. The fourth-order valence-corrected chi connectivity index (χ4v) is 3.12. The maximum Gasteiger partial charge on any atom is 0.122 e. The number of hydrogen-bond donors (Lipinski definition) is 1. The summed E-state index contributed by atoms with van der Waals surface area (Å²) in [5.41, 5.74) is 0.599. The van der Waals surface area contributed by atoms with Gasteiger partial charge in [0.05, 0.1) is 12.7 Å². The van der Waals surface area contributed by atoms with Crippen LogP contribution < -0.4 is 4.74 Å². The van der Waals surface area contributed by atoms with Gasteiger partial charge in [-0.3, -0.25) is 0 Å². The number of methoxy groups -OCH3 is 1. The van der Waals surface area contributed by atoms with Crippen molar-refractivity contribution in [2.75, 3.05) is 7.11 Å². The highest BCUT2D eigenvalue weighted by Crippen LogP contribution is 2.41. The van der Waals surface area contributed by atoms with E-state index >= 15 is 0 Å². The number of benzene rings is 1.